The summed E-state index contributed by atoms with van der Waals surface area (Å²) in [5.74, 6) is 1.27. The highest BCUT2D eigenvalue weighted by molar-refractivity contribution is 6.33. The average Bonchev–Trinajstić information content (AvgIpc) is 2.87. The zero-order chi connectivity index (χ0) is 15.2. The Balaban J connectivity index is 2.07. The van der Waals surface area contributed by atoms with Crippen molar-refractivity contribution >= 4 is 17.3 Å². The molecule has 4 heteroatoms. The van der Waals surface area contributed by atoms with Gasteiger partial charge in [0.05, 0.1) is 17.3 Å². The van der Waals surface area contributed by atoms with E-state index in [4.69, 9.17) is 16.3 Å². The number of rotatable bonds is 7. The molecule has 2 rings (SSSR count). The lowest BCUT2D eigenvalue weighted by molar-refractivity contribution is 0.161. The van der Waals surface area contributed by atoms with Crippen LogP contribution in [0.15, 0.2) is 18.2 Å². The maximum atomic E-state index is 6.48. The van der Waals surface area contributed by atoms with Gasteiger partial charge in [-0.1, -0.05) is 37.6 Å². The van der Waals surface area contributed by atoms with Crippen LogP contribution in [0.3, 0.4) is 0 Å². The summed E-state index contributed by atoms with van der Waals surface area (Å²) in [6, 6.07) is 6.21. The molecule has 0 bridgehead atoms. The lowest BCUT2D eigenvalue weighted by Crippen LogP contribution is -2.25. The van der Waals surface area contributed by atoms with E-state index in [0.717, 1.165) is 37.8 Å². The first kappa shape index (κ1) is 16.6. The second-order valence-corrected chi connectivity index (χ2v) is 6.74. The maximum Gasteiger partial charge on any atom is 0.0642 e. The van der Waals surface area contributed by atoms with Gasteiger partial charge in [0.25, 0.3) is 0 Å². The first-order valence-corrected chi connectivity index (χ1v) is 8.21. The molecule has 0 aromatic heterocycles. The SMILES string of the molecule is COCC1CCN(c2c(Cl)cccc2CNCC(C)C)C1. The van der Waals surface area contributed by atoms with Gasteiger partial charge in [0.2, 0.25) is 0 Å². The molecular weight excluding hydrogens is 284 g/mol. The van der Waals surface area contributed by atoms with Gasteiger partial charge in [-0.3, -0.25) is 0 Å². The second kappa shape index (κ2) is 8.02. The van der Waals surface area contributed by atoms with Crippen LogP contribution in [0.4, 0.5) is 5.69 Å². The molecular formula is C17H27ClN2O. The molecule has 1 heterocycles. The van der Waals surface area contributed by atoms with Crippen molar-refractivity contribution in [2.45, 2.75) is 26.8 Å². The molecule has 1 aromatic rings. The van der Waals surface area contributed by atoms with Gasteiger partial charge in [0.1, 0.15) is 0 Å². The molecule has 0 amide bonds. The summed E-state index contributed by atoms with van der Waals surface area (Å²) in [5.41, 5.74) is 2.50. The van der Waals surface area contributed by atoms with Crippen LogP contribution in [0.5, 0.6) is 0 Å². The van der Waals surface area contributed by atoms with Crippen LogP contribution in [0.2, 0.25) is 5.02 Å². The van der Waals surface area contributed by atoms with E-state index >= 15 is 0 Å². The molecule has 1 unspecified atom stereocenters. The Kier molecular flexibility index (Phi) is 6.34. The monoisotopic (exact) mass is 310 g/mol. The number of ether oxygens (including phenoxy) is 1. The molecule has 1 aliphatic rings. The number of nitrogens with zero attached hydrogens (tertiary/aromatic N) is 1. The molecule has 1 aliphatic heterocycles. The highest BCUT2D eigenvalue weighted by atomic mass is 35.5. The summed E-state index contributed by atoms with van der Waals surface area (Å²) in [5, 5.41) is 4.38. The lowest BCUT2D eigenvalue weighted by atomic mass is 10.1. The third kappa shape index (κ3) is 4.60. The minimum absolute atomic E-state index is 0.614. The summed E-state index contributed by atoms with van der Waals surface area (Å²) in [6.45, 7) is 9.28. The smallest absolute Gasteiger partial charge is 0.0642 e. The molecule has 1 aromatic carbocycles. The Hall–Kier alpha value is -0.770. The van der Waals surface area contributed by atoms with E-state index in [1.54, 1.807) is 7.11 Å². The number of methoxy groups -OCH3 is 1. The summed E-state index contributed by atoms with van der Waals surface area (Å²) in [6.07, 6.45) is 1.18. The third-order valence-corrected chi connectivity index (χ3v) is 4.25. The van der Waals surface area contributed by atoms with E-state index in [0.29, 0.717) is 11.8 Å². The number of nitrogens with one attached hydrogen (secondary N) is 1. The fourth-order valence-corrected chi connectivity index (χ4v) is 3.27. The van der Waals surface area contributed by atoms with Gasteiger partial charge < -0.3 is 15.0 Å². The van der Waals surface area contributed by atoms with E-state index in [1.165, 1.54) is 17.7 Å². The lowest BCUT2D eigenvalue weighted by Gasteiger charge is -2.24. The predicted molar refractivity (Wildman–Crippen MR) is 90.2 cm³/mol. The molecule has 0 radical (unpaired) electrons. The molecule has 1 fully saturated rings. The van der Waals surface area contributed by atoms with Crippen molar-refractivity contribution in [3.8, 4) is 0 Å². The molecule has 118 valence electrons. The second-order valence-electron chi connectivity index (χ2n) is 6.33. The van der Waals surface area contributed by atoms with Crippen molar-refractivity contribution in [2.24, 2.45) is 11.8 Å². The van der Waals surface area contributed by atoms with Crippen molar-refractivity contribution in [2.75, 3.05) is 38.3 Å². The van der Waals surface area contributed by atoms with Gasteiger partial charge in [-0.2, -0.15) is 0 Å². The number of hydrogen-bond donors (Lipinski definition) is 1. The van der Waals surface area contributed by atoms with E-state index in [-0.39, 0.29) is 0 Å². The minimum atomic E-state index is 0.614. The molecule has 1 saturated heterocycles. The first-order chi connectivity index (χ1) is 10.1. The highest BCUT2D eigenvalue weighted by Gasteiger charge is 2.25. The Morgan fingerprint density at radius 3 is 2.95 bits per heavy atom. The van der Waals surface area contributed by atoms with E-state index in [2.05, 4.69) is 30.1 Å². The van der Waals surface area contributed by atoms with Crippen LogP contribution in [0, 0.1) is 11.8 Å². The van der Waals surface area contributed by atoms with Gasteiger partial charge >= 0.3 is 0 Å². The first-order valence-electron chi connectivity index (χ1n) is 7.83. The van der Waals surface area contributed by atoms with Crippen LogP contribution < -0.4 is 10.2 Å². The Labute approximate surface area is 133 Å². The molecule has 21 heavy (non-hydrogen) atoms. The van der Waals surface area contributed by atoms with E-state index in [9.17, 15) is 0 Å². The summed E-state index contributed by atoms with van der Waals surface area (Å²) < 4.78 is 5.29. The molecule has 3 nitrogen and oxygen atoms in total. The highest BCUT2D eigenvalue weighted by Crippen LogP contribution is 2.33. The quantitative estimate of drug-likeness (QED) is 0.833. The number of para-hydroxylation sites is 1. The van der Waals surface area contributed by atoms with Gasteiger partial charge in [0, 0.05) is 32.7 Å². The standard InChI is InChI=1S/C17H27ClN2O/c1-13(2)9-19-10-15-5-4-6-16(18)17(15)20-8-7-14(11-20)12-21-3/h4-6,13-14,19H,7-12H2,1-3H3. The Morgan fingerprint density at radius 2 is 2.24 bits per heavy atom. The summed E-state index contributed by atoms with van der Waals surface area (Å²) in [7, 11) is 1.78. The fourth-order valence-electron chi connectivity index (χ4n) is 2.96. The average molecular weight is 311 g/mol. The number of anilines is 1. The van der Waals surface area contributed by atoms with E-state index in [1.807, 2.05) is 12.1 Å². The van der Waals surface area contributed by atoms with E-state index < -0.39 is 0 Å². The van der Waals surface area contributed by atoms with Gasteiger partial charge in [-0.15, -0.1) is 0 Å². The van der Waals surface area contributed by atoms with Crippen molar-refractivity contribution in [1.29, 1.82) is 0 Å². The van der Waals surface area contributed by atoms with Crippen molar-refractivity contribution < 1.29 is 4.74 Å². The van der Waals surface area contributed by atoms with Crippen LogP contribution in [0.25, 0.3) is 0 Å². The normalized spacial score (nSPS) is 18.7. The molecule has 1 atom stereocenters. The van der Waals surface area contributed by atoms with Crippen LogP contribution >= 0.6 is 11.6 Å². The zero-order valence-corrected chi connectivity index (χ0v) is 14.1. The topological polar surface area (TPSA) is 24.5 Å². The molecule has 0 aliphatic carbocycles. The largest absolute Gasteiger partial charge is 0.384 e. The van der Waals surface area contributed by atoms with Crippen molar-refractivity contribution in [3.63, 3.8) is 0 Å². The Morgan fingerprint density at radius 1 is 1.43 bits per heavy atom. The summed E-state index contributed by atoms with van der Waals surface area (Å²) >= 11 is 6.48. The number of benzene rings is 1. The molecule has 0 saturated carbocycles. The van der Waals surface area contributed by atoms with Crippen LogP contribution in [-0.2, 0) is 11.3 Å². The molecule has 0 spiro atoms. The maximum absolute atomic E-state index is 6.48. The van der Waals surface area contributed by atoms with Crippen molar-refractivity contribution in [3.05, 3.63) is 28.8 Å². The number of halogens is 1. The fraction of sp³-hybridized carbons (Fsp3) is 0.647. The Bertz CT molecular complexity index is 450. The minimum Gasteiger partial charge on any atom is -0.384 e. The molecule has 1 N–H and O–H groups in total. The number of hydrogen-bond acceptors (Lipinski definition) is 3. The van der Waals surface area contributed by atoms with Crippen LogP contribution in [0.1, 0.15) is 25.8 Å². The van der Waals surface area contributed by atoms with Crippen molar-refractivity contribution in [1.82, 2.24) is 5.32 Å². The van der Waals surface area contributed by atoms with Gasteiger partial charge in [-0.05, 0) is 30.5 Å². The zero-order valence-electron chi connectivity index (χ0n) is 13.4. The predicted octanol–water partition coefficient (Wildman–Crippen LogP) is 3.56. The van der Waals surface area contributed by atoms with Gasteiger partial charge in [-0.25, -0.2) is 0 Å². The third-order valence-electron chi connectivity index (χ3n) is 3.94. The van der Waals surface area contributed by atoms with Crippen LogP contribution in [-0.4, -0.2) is 33.4 Å². The summed E-state index contributed by atoms with van der Waals surface area (Å²) in [4.78, 5) is 2.42. The van der Waals surface area contributed by atoms with Gasteiger partial charge in [0.15, 0.2) is 0 Å².